The summed E-state index contributed by atoms with van der Waals surface area (Å²) in [5, 5.41) is 13.0. The highest BCUT2D eigenvalue weighted by Crippen LogP contribution is 2.13. The summed E-state index contributed by atoms with van der Waals surface area (Å²) in [6.45, 7) is 2.46. The summed E-state index contributed by atoms with van der Waals surface area (Å²) >= 11 is 5.77. The first-order valence-electron chi connectivity index (χ1n) is 4.01. The third-order valence-corrected chi connectivity index (χ3v) is 2.17. The highest BCUT2D eigenvalue weighted by Gasteiger charge is 2.04. The van der Waals surface area contributed by atoms with Gasteiger partial charge in [-0.1, -0.05) is 11.6 Å². The summed E-state index contributed by atoms with van der Waals surface area (Å²) in [6.07, 6.45) is 2.31. The van der Waals surface area contributed by atoms with E-state index >= 15 is 0 Å². The van der Waals surface area contributed by atoms with Crippen molar-refractivity contribution in [2.75, 3.05) is 0 Å². The maximum absolute atomic E-state index is 10.2. The molecule has 0 unspecified atom stereocenters. The molecule has 1 aromatic heterocycles. The molecular formula is C8H11ClN2O2. The summed E-state index contributed by atoms with van der Waals surface area (Å²) in [5.74, 6) is -0.782. The summed E-state index contributed by atoms with van der Waals surface area (Å²) in [6, 6.07) is 0. The van der Waals surface area contributed by atoms with Crippen molar-refractivity contribution in [1.29, 1.82) is 0 Å². The van der Waals surface area contributed by atoms with Crippen LogP contribution in [0.5, 0.6) is 0 Å². The van der Waals surface area contributed by atoms with Gasteiger partial charge < -0.3 is 5.11 Å². The zero-order chi connectivity index (χ0) is 9.84. The monoisotopic (exact) mass is 202 g/mol. The number of aliphatic carboxylic acids is 1. The van der Waals surface area contributed by atoms with Gasteiger partial charge in [-0.2, -0.15) is 5.10 Å². The van der Waals surface area contributed by atoms with Crippen molar-refractivity contribution in [2.24, 2.45) is 0 Å². The Bertz CT molecular complexity index is 309. The zero-order valence-electron chi connectivity index (χ0n) is 7.33. The van der Waals surface area contributed by atoms with Crippen molar-refractivity contribution in [3.63, 3.8) is 0 Å². The molecule has 0 fully saturated rings. The third-order valence-electron chi connectivity index (χ3n) is 1.80. The Kier molecular flexibility index (Phi) is 3.31. The van der Waals surface area contributed by atoms with Crippen molar-refractivity contribution in [3.05, 3.63) is 16.9 Å². The van der Waals surface area contributed by atoms with Crippen LogP contribution in [0.15, 0.2) is 6.20 Å². The summed E-state index contributed by atoms with van der Waals surface area (Å²) in [4.78, 5) is 10.2. The number of carbonyl (C=O) groups is 1. The molecule has 13 heavy (non-hydrogen) atoms. The van der Waals surface area contributed by atoms with Gasteiger partial charge in [0.25, 0.3) is 0 Å². The fourth-order valence-electron chi connectivity index (χ4n) is 1.03. The molecule has 0 aliphatic heterocycles. The number of halogens is 1. The van der Waals surface area contributed by atoms with Gasteiger partial charge in [-0.3, -0.25) is 9.48 Å². The Morgan fingerprint density at radius 2 is 2.46 bits per heavy atom. The number of hydrogen-bond donors (Lipinski definition) is 1. The van der Waals surface area contributed by atoms with Gasteiger partial charge in [-0.05, 0) is 13.3 Å². The predicted octanol–water partition coefficient (Wildman–Crippen LogP) is 1.71. The minimum Gasteiger partial charge on any atom is -0.481 e. The van der Waals surface area contributed by atoms with Gasteiger partial charge in [0, 0.05) is 13.0 Å². The average Bonchev–Trinajstić information content (AvgIpc) is 2.35. The largest absolute Gasteiger partial charge is 0.481 e. The molecular weight excluding hydrogens is 192 g/mol. The average molecular weight is 203 g/mol. The van der Waals surface area contributed by atoms with Crippen LogP contribution in [0.2, 0.25) is 5.02 Å². The van der Waals surface area contributed by atoms with Crippen LogP contribution in [0.3, 0.4) is 0 Å². The molecule has 0 saturated heterocycles. The van der Waals surface area contributed by atoms with Crippen LogP contribution >= 0.6 is 11.6 Å². The van der Waals surface area contributed by atoms with Crippen molar-refractivity contribution in [1.82, 2.24) is 9.78 Å². The molecule has 72 valence electrons. The van der Waals surface area contributed by atoms with Crippen LogP contribution in [-0.2, 0) is 11.3 Å². The van der Waals surface area contributed by atoms with Crippen LogP contribution in [-0.4, -0.2) is 20.9 Å². The molecule has 0 radical (unpaired) electrons. The fourth-order valence-corrected chi connectivity index (χ4v) is 1.17. The van der Waals surface area contributed by atoms with Crippen molar-refractivity contribution in [2.45, 2.75) is 26.3 Å². The van der Waals surface area contributed by atoms with E-state index in [1.165, 1.54) is 0 Å². The number of hydrogen-bond acceptors (Lipinski definition) is 2. The highest BCUT2D eigenvalue weighted by molar-refractivity contribution is 6.31. The quantitative estimate of drug-likeness (QED) is 0.809. The standard InChI is InChI=1S/C8H11ClN2O2/c1-6-7(9)5-10-11(6)4-2-3-8(12)13/h5H,2-4H2,1H3,(H,12,13). The van der Waals surface area contributed by atoms with Crippen molar-refractivity contribution in [3.8, 4) is 0 Å². The molecule has 1 rings (SSSR count). The SMILES string of the molecule is Cc1c(Cl)cnn1CCCC(=O)O. The van der Waals surface area contributed by atoms with Crippen LogP contribution in [0.4, 0.5) is 0 Å². The molecule has 1 aromatic rings. The van der Waals surface area contributed by atoms with Crippen LogP contribution in [0.25, 0.3) is 0 Å². The van der Waals surface area contributed by atoms with E-state index in [2.05, 4.69) is 5.10 Å². The molecule has 1 heterocycles. The van der Waals surface area contributed by atoms with Crippen LogP contribution in [0.1, 0.15) is 18.5 Å². The smallest absolute Gasteiger partial charge is 0.303 e. The van der Waals surface area contributed by atoms with Crippen LogP contribution < -0.4 is 0 Å². The van der Waals surface area contributed by atoms with Gasteiger partial charge in [0.15, 0.2) is 0 Å². The molecule has 1 N–H and O–H groups in total. The summed E-state index contributed by atoms with van der Waals surface area (Å²) in [5.41, 5.74) is 0.882. The van der Waals surface area contributed by atoms with E-state index in [9.17, 15) is 4.79 Å². The lowest BCUT2D eigenvalue weighted by Crippen LogP contribution is -2.04. The van der Waals surface area contributed by atoms with Gasteiger partial charge in [0.2, 0.25) is 0 Å². The van der Waals surface area contributed by atoms with E-state index in [0.717, 1.165) is 5.69 Å². The normalized spacial score (nSPS) is 10.3. The molecule has 0 aromatic carbocycles. The van der Waals surface area contributed by atoms with Crippen molar-refractivity contribution < 1.29 is 9.90 Å². The minimum absolute atomic E-state index is 0.164. The first-order valence-corrected chi connectivity index (χ1v) is 4.38. The second kappa shape index (κ2) is 4.28. The van der Waals surface area contributed by atoms with Gasteiger partial charge in [0.05, 0.1) is 16.9 Å². The van der Waals surface area contributed by atoms with Gasteiger partial charge in [-0.25, -0.2) is 0 Å². The van der Waals surface area contributed by atoms with E-state index in [1.54, 1.807) is 10.9 Å². The maximum atomic E-state index is 10.2. The molecule has 0 aliphatic rings. The number of rotatable bonds is 4. The molecule has 0 saturated carbocycles. The summed E-state index contributed by atoms with van der Waals surface area (Å²) in [7, 11) is 0. The van der Waals surface area contributed by atoms with Crippen LogP contribution in [0, 0.1) is 6.92 Å². The summed E-state index contributed by atoms with van der Waals surface area (Å²) < 4.78 is 1.71. The van der Waals surface area contributed by atoms with Crippen molar-refractivity contribution >= 4 is 17.6 Å². The molecule has 0 aliphatic carbocycles. The first-order chi connectivity index (χ1) is 6.11. The van der Waals surface area contributed by atoms with E-state index < -0.39 is 5.97 Å². The number of carboxylic acids is 1. The fraction of sp³-hybridized carbons (Fsp3) is 0.500. The topological polar surface area (TPSA) is 55.1 Å². The number of nitrogens with zero attached hydrogens (tertiary/aromatic N) is 2. The van der Waals surface area contributed by atoms with E-state index in [0.29, 0.717) is 18.0 Å². The maximum Gasteiger partial charge on any atom is 0.303 e. The molecule has 0 atom stereocenters. The zero-order valence-corrected chi connectivity index (χ0v) is 8.08. The molecule has 0 spiro atoms. The predicted molar refractivity (Wildman–Crippen MR) is 48.8 cm³/mol. The Labute approximate surface area is 81.1 Å². The minimum atomic E-state index is -0.782. The Morgan fingerprint density at radius 3 is 2.92 bits per heavy atom. The Morgan fingerprint density at radius 1 is 1.77 bits per heavy atom. The number of aromatic nitrogens is 2. The Hall–Kier alpha value is -1.03. The molecule has 0 bridgehead atoms. The molecule has 4 nitrogen and oxygen atoms in total. The number of carboxylic acid groups (broad SMARTS) is 1. The van der Waals surface area contributed by atoms with E-state index in [-0.39, 0.29) is 6.42 Å². The second-order valence-electron chi connectivity index (χ2n) is 2.80. The third kappa shape index (κ3) is 2.73. The van der Waals surface area contributed by atoms with Gasteiger partial charge in [-0.15, -0.1) is 0 Å². The lowest BCUT2D eigenvalue weighted by atomic mass is 10.3. The van der Waals surface area contributed by atoms with Gasteiger partial charge >= 0.3 is 5.97 Å². The van der Waals surface area contributed by atoms with E-state index in [1.807, 2.05) is 6.92 Å². The molecule has 0 amide bonds. The second-order valence-corrected chi connectivity index (χ2v) is 3.21. The lowest BCUT2D eigenvalue weighted by molar-refractivity contribution is -0.137. The Balaban J connectivity index is 2.45. The van der Waals surface area contributed by atoms with E-state index in [4.69, 9.17) is 16.7 Å². The molecule has 5 heteroatoms. The lowest BCUT2D eigenvalue weighted by Gasteiger charge is -2.01. The van der Waals surface area contributed by atoms with Gasteiger partial charge in [0.1, 0.15) is 0 Å². The highest BCUT2D eigenvalue weighted by atomic mass is 35.5. The number of aryl methyl sites for hydroxylation is 1. The first kappa shape index (κ1) is 10.1.